The largest absolute Gasteiger partial charge is 0.340 e. The van der Waals surface area contributed by atoms with E-state index in [0.717, 1.165) is 24.9 Å². The molecule has 2 aliphatic rings. The number of amides is 2. The molecular formula is C21H25N3O2S. The lowest BCUT2D eigenvalue weighted by atomic mass is 9.98. The van der Waals surface area contributed by atoms with Gasteiger partial charge in [-0.3, -0.25) is 9.59 Å². The Labute approximate surface area is 163 Å². The summed E-state index contributed by atoms with van der Waals surface area (Å²) in [6.45, 7) is 1.47. The van der Waals surface area contributed by atoms with Crippen LogP contribution in [0, 0.1) is 11.8 Å². The average Bonchev–Trinajstić information content (AvgIpc) is 3.40. The van der Waals surface area contributed by atoms with Gasteiger partial charge in [-0.1, -0.05) is 36.4 Å². The molecule has 1 saturated heterocycles. The Morgan fingerprint density at radius 2 is 1.96 bits per heavy atom. The molecule has 1 aliphatic heterocycles. The summed E-state index contributed by atoms with van der Waals surface area (Å²) in [7, 11) is 0. The second-order valence-electron chi connectivity index (χ2n) is 7.60. The van der Waals surface area contributed by atoms with Gasteiger partial charge in [0.25, 0.3) is 5.91 Å². The lowest BCUT2D eigenvalue weighted by molar-refractivity contribution is -0.132. The van der Waals surface area contributed by atoms with Crippen molar-refractivity contribution in [3.63, 3.8) is 0 Å². The summed E-state index contributed by atoms with van der Waals surface area (Å²) in [6, 6.07) is 13.1. The maximum absolute atomic E-state index is 13.3. The van der Waals surface area contributed by atoms with E-state index >= 15 is 0 Å². The van der Waals surface area contributed by atoms with Crippen molar-refractivity contribution in [1.29, 1.82) is 0 Å². The Morgan fingerprint density at radius 3 is 2.67 bits per heavy atom. The van der Waals surface area contributed by atoms with Crippen molar-refractivity contribution in [1.82, 2.24) is 10.2 Å². The van der Waals surface area contributed by atoms with Crippen LogP contribution >= 0.6 is 11.3 Å². The summed E-state index contributed by atoms with van der Waals surface area (Å²) in [5.74, 6) is 0.731. The van der Waals surface area contributed by atoms with Crippen LogP contribution in [0.1, 0.15) is 28.1 Å². The lowest BCUT2D eigenvalue weighted by Gasteiger charge is -2.25. The first-order chi connectivity index (χ1) is 13.1. The van der Waals surface area contributed by atoms with Crippen LogP contribution in [0.25, 0.3) is 0 Å². The number of benzene rings is 1. The summed E-state index contributed by atoms with van der Waals surface area (Å²) in [4.78, 5) is 28.4. The van der Waals surface area contributed by atoms with E-state index in [1.165, 1.54) is 11.3 Å². The summed E-state index contributed by atoms with van der Waals surface area (Å²) in [6.07, 6.45) is 2.65. The van der Waals surface area contributed by atoms with E-state index in [-0.39, 0.29) is 17.9 Å². The van der Waals surface area contributed by atoms with Gasteiger partial charge in [0.05, 0.1) is 4.88 Å². The number of nitrogens with zero attached hydrogens (tertiary/aromatic N) is 1. The molecule has 142 valence electrons. The van der Waals surface area contributed by atoms with Gasteiger partial charge in [0, 0.05) is 25.6 Å². The molecule has 0 spiro atoms. The zero-order valence-electron chi connectivity index (χ0n) is 15.2. The molecule has 2 aromatic rings. The van der Waals surface area contributed by atoms with Gasteiger partial charge in [-0.05, 0) is 41.7 Å². The third kappa shape index (κ3) is 3.92. The number of nitrogens with two attached hydrogens (primary N) is 1. The highest BCUT2D eigenvalue weighted by molar-refractivity contribution is 7.12. The minimum absolute atomic E-state index is 0.00496. The molecule has 1 aromatic carbocycles. The topological polar surface area (TPSA) is 75.4 Å². The van der Waals surface area contributed by atoms with E-state index in [2.05, 4.69) is 5.32 Å². The van der Waals surface area contributed by atoms with Gasteiger partial charge < -0.3 is 16.0 Å². The fraction of sp³-hybridized carbons (Fsp3) is 0.429. The molecule has 2 heterocycles. The number of thiophene rings is 1. The molecule has 4 atom stereocenters. The molecule has 1 saturated carbocycles. The molecule has 2 amide bonds. The summed E-state index contributed by atoms with van der Waals surface area (Å²) in [5.41, 5.74) is 7.26. The highest BCUT2D eigenvalue weighted by atomic mass is 32.1. The van der Waals surface area contributed by atoms with Crippen molar-refractivity contribution < 1.29 is 9.59 Å². The molecule has 4 unspecified atom stereocenters. The van der Waals surface area contributed by atoms with Gasteiger partial charge in [-0.25, -0.2) is 0 Å². The first kappa shape index (κ1) is 18.2. The van der Waals surface area contributed by atoms with E-state index < -0.39 is 6.04 Å². The normalized spacial score (nSPS) is 25.2. The van der Waals surface area contributed by atoms with Gasteiger partial charge >= 0.3 is 0 Å². The number of nitrogens with one attached hydrogen (secondary N) is 1. The van der Waals surface area contributed by atoms with Crippen molar-refractivity contribution in [2.75, 3.05) is 13.1 Å². The third-order valence-corrected chi connectivity index (χ3v) is 6.72. The van der Waals surface area contributed by atoms with Crippen molar-refractivity contribution in [2.45, 2.75) is 31.3 Å². The van der Waals surface area contributed by atoms with Gasteiger partial charge in [-0.2, -0.15) is 0 Å². The number of carbonyl (C=O) groups is 2. The van der Waals surface area contributed by atoms with Crippen LogP contribution in [-0.4, -0.2) is 41.9 Å². The molecule has 3 N–H and O–H groups in total. The second-order valence-corrected chi connectivity index (χ2v) is 8.55. The molecule has 0 bridgehead atoms. The fourth-order valence-corrected chi connectivity index (χ4v) is 5.02. The Hall–Kier alpha value is -2.18. The third-order valence-electron chi connectivity index (χ3n) is 5.86. The smallest absolute Gasteiger partial charge is 0.262 e. The van der Waals surface area contributed by atoms with Crippen molar-refractivity contribution in [3.8, 4) is 0 Å². The van der Waals surface area contributed by atoms with E-state index in [1.807, 2.05) is 46.7 Å². The number of hydrogen-bond donors (Lipinski definition) is 2. The monoisotopic (exact) mass is 383 g/mol. The minimum atomic E-state index is -0.558. The van der Waals surface area contributed by atoms with Gasteiger partial charge in [0.15, 0.2) is 0 Å². The number of hydrogen-bond acceptors (Lipinski definition) is 4. The molecule has 27 heavy (non-hydrogen) atoms. The van der Waals surface area contributed by atoms with E-state index in [9.17, 15) is 9.59 Å². The van der Waals surface area contributed by atoms with E-state index in [0.29, 0.717) is 29.7 Å². The standard InChI is InChI=1S/C21H25N3O2S/c22-17-9-8-15-12-24(13-16(15)17)21(26)18(11-14-5-2-1-3-6-14)23-20(25)19-7-4-10-27-19/h1-7,10,15-18H,8-9,11-13,22H2,(H,23,25). The van der Waals surface area contributed by atoms with Crippen molar-refractivity contribution in [2.24, 2.45) is 17.6 Å². The SMILES string of the molecule is NC1CCC2CN(C(=O)C(Cc3ccccc3)NC(=O)c3cccs3)CC12. The second kappa shape index (κ2) is 7.82. The summed E-state index contributed by atoms with van der Waals surface area (Å²) >= 11 is 1.38. The summed E-state index contributed by atoms with van der Waals surface area (Å²) in [5, 5.41) is 4.84. The molecular weight excluding hydrogens is 358 g/mol. The first-order valence-electron chi connectivity index (χ1n) is 9.54. The number of rotatable bonds is 5. The lowest BCUT2D eigenvalue weighted by Crippen LogP contribution is -2.49. The van der Waals surface area contributed by atoms with Crippen LogP contribution in [0.3, 0.4) is 0 Å². The molecule has 4 rings (SSSR count). The zero-order valence-corrected chi connectivity index (χ0v) is 16.0. The molecule has 1 aliphatic carbocycles. The maximum atomic E-state index is 13.3. The van der Waals surface area contributed by atoms with Crippen LogP contribution in [0.2, 0.25) is 0 Å². The summed E-state index contributed by atoms with van der Waals surface area (Å²) < 4.78 is 0. The van der Waals surface area contributed by atoms with E-state index in [1.54, 1.807) is 6.07 Å². The van der Waals surface area contributed by atoms with Gasteiger partial charge in [0.1, 0.15) is 6.04 Å². The number of fused-ring (bicyclic) bond motifs is 1. The molecule has 6 heteroatoms. The van der Waals surface area contributed by atoms with Gasteiger partial charge in [0.2, 0.25) is 5.91 Å². The predicted molar refractivity (Wildman–Crippen MR) is 106 cm³/mol. The fourth-order valence-electron chi connectivity index (χ4n) is 4.39. The minimum Gasteiger partial charge on any atom is -0.340 e. The Kier molecular flexibility index (Phi) is 5.27. The van der Waals surface area contributed by atoms with Crippen molar-refractivity contribution >= 4 is 23.2 Å². The van der Waals surface area contributed by atoms with Crippen LogP contribution in [-0.2, 0) is 11.2 Å². The highest BCUT2D eigenvalue weighted by Gasteiger charge is 2.43. The average molecular weight is 384 g/mol. The first-order valence-corrected chi connectivity index (χ1v) is 10.4. The maximum Gasteiger partial charge on any atom is 0.262 e. The Bertz CT molecular complexity index is 793. The van der Waals surface area contributed by atoms with E-state index in [4.69, 9.17) is 5.73 Å². The van der Waals surface area contributed by atoms with Crippen molar-refractivity contribution in [3.05, 3.63) is 58.3 Å². The zero-order chi connectivity index (χ0) is 18.8. The Balaban J connectivity index is 1.50. The van der Waals surface area contributed by atoms with Crippen LogP contribution in [0.5, 0.6) is 0 Å². The molecule has 1 aromatic heterocycles. The quantitative estimate of drug-likeness (QED) is 0.832. The number of likely N-dealkylation sites (tertiary alicyclic amines) is 1. The predicted octanol–water partition coefficient (Wildman–Crippen LogP) is 2.28. The number of carbonyl (C=O) groups excluding carboxylic acids is 2. The molecule has 0 radical (unpaired) electrons. The van der Waals surface area contributed by atoms with Crippen LogP contribution in [0.15, 0.2) is 47.8 Å². The molecule has 5 nitrogen and oxygen atoms in total. The highest BCUT2D eigenvalue weighted by Crippen LogP contribution is 2.37. The van der Waals surface area contributed by atoms with Crippen LogP contribution in [0.4, 0.5) is 0 Å². The molecule has 2 fully saturated rings. The van der Waals surface area contributed by atoms with Crippen LogP contribution < -0.4 is 11.1 Å². The Morgan fingerprint density at radius 1 is 1.15 bits per heavy atom. The van der Waals surface area contributed by atoms with Gasteiger partial charge in [-0.15, -0.1) is 11.3 Å².